The molecule has 2 amide bonds. The van der Waals surface area contributed by atoms with Gasteiger partial charge < -0.3 is 15.5 Å². The molecule has 0 spiro atoms. The highest BCUT2D eigenvalue weighted by Crippen LogP contribution is 2.08. The van der Waals surface area contributed by atoms with Crippen molar-refractivity contribution < 1.29 is 9.69 Å². The van der Waals surface area contributed by atoms with Crippen LogP contribution in [0.4, 0.5) is 10.5 Å². The number of hydrogen-bond donors (Lipinski definition) is 3. The molecule has 1 aliphatic heterocycles. The molecule has 1 aromatic carbocycles. The van der Waals surface area contributed by atoms with Gasteiger partial charge in [-0.3, -0.25) is 0 Å². The predicted octanol–water partition coefficient (Wildman–Crippen LogP) is 1.19. The van der Waals surface area contributed by atoms with Gasteiger partial charge in [-0.05, 0) is 43.9 Å². The van der Waals surface area contributed by atoms with E-state index in [1.165, 1.54) is 32.4 Å². The van der Waals surface area contributed by atoms with Crippen LogP contribution >= 0.6 is 0 Å². The maximum absolute atomic E-state index is 11.7. The Labute approximate surface area is 115 Å². The second kappa shape index (κ2) is 7.14. The number of carbonyl (C=O) groups is 1. The van der Waals surface area contributed by atoms with Crippen molar-refractivity contribution in [2.45, 2.75) is 26.2 Å². The molecule has 4 heteroatoms. The molecule has 104 valence electrons. The Morgan fingerprint density at radius 1 is 1.26 bits per heavy atom. The van der Waals surface area contributed by atoms with Crippen molar-refractivity contribution in [3.05, 3.63) is 29.8 Å². The average molecular weight is 262 g/mol. The standard InChI is InChI=1S/C15H23N3O/c1-13-6-5-7-14(12-13)17-15(19)16-8-11-18-9-3-2-4-10-18/h5-7,12H,2-4,8-11H2,1H3,(H2,16,17,19)/p+1. The first-order chi connectivity index (χ1) is 9.24. The average Bonchev–Trinajstić information content (AvgIpc) is 2.40. The van der Waals surface area contributed by atoms with Gasteiger partial charge in [0.2, 0.25) is 0 Å². The monoisotopic (exact) mass is 262 g/mol. The quantitative estimate of drug-likeness (QED) is 0.750. The smallest absolute Gasteiger partial charge is 0.319 e. The Morgan fingerprint density at radius 3 is 2.79 bits per heavy atom. The van der Waals surface area contributed by atoms with Crippen LogP contribution in [0, 0.1) is 6.92 Å². The van der Waals surface area contributed by atoms with Gasteiger partial charge in [-0.25, -0.2) is 4.79 Å². The zero-order valence-corrected chi connectivity index (χ0v) is 11.7. The predicted molar refractivity (Wildman–Crippen MR) is 77.6 cm³/mol. The fourth-order valence-corrected chi connectivity index (χ4v) is 2.55. The second-order valence-corrected chi connectivity index (χ2v) is 5.31. The Bertz CT molecular complexity index is 414. The van der Waals surface area contributed by atoms with Crippen molar-refractivity contribution in [3.8, 4) is 0 Å². The number of piperidine rings is 1. The molecule has 1 heterocycles. The summed E-state index contributed by atoms with van der Waals surface area (Å²) in [5.74, 6) is 0. The zero-order valence-electron chi connectivity index (χ0n) is 11.7. The van der Waals surface area contributed by atoms with Crippen molar-refractivity contribution in [3.63, 3.8) is 0 Å². The number of aryl methyl sites for hydroxylation is 1. The van der Waals surface area contributed by atoms with Gasteiger partial charge in [0, 0.05) is 5.69 Å². The number of hydrogen-bond acceptors (Lipinski definition) is 1. The van der Waals surface area contributed by atoms with Gasteiger partial charge in [0.05, 0.1) is 26.2 Å². The van der Waals surface area contributed by atoms with Crippen molar-refractivity contribution in [2.24, 2.45) is 0 Å². The molecule has 0 aromatic heterocycles. The molecular weight excluding hydrogens is 238 g/mol. The van der Waals surface area contributed by atoms with Crippen molar-refractivity contribution >= 4 is 11.7 Å². The van der Waals surface area contributed by atoms with Crippen LogP contribution in [0.25, 0.3) is 0 Å². The molecule has 0 bridgehead atoms. The second-order valence-electron chi connectivity index (χ2n) is 5.31. The minimum Gasteiger partial charge on any atom is -0.333 e. The van der Waals surface area contributed by atoms with E-state index in [4.69, 9.17) is 0 Å². The summed E-state index contributed by atoms with van der Waals surface area (Å²) in [5.41, 5.74) is 2.00. The molecule has 4 nitrogen and oxygen atoms in total. The fraction of sp³-hybridized carbons (Fsp3) is 0.533. The molecule has 0 aliphatic carbocycles. The molecule has 1 fully saturated rings. The number of rotatable bonds is 4. The summed E-state index contributed by atoms with van der Waals surface area (Å²) < 4.78 is 0. The summed E-state index contributed by atoms with van der Waals surface area (Å²) in [7, 11) is 0. The molecule has 0 atom stereocenters. The van der Waals surface area contributed by atoms with Crippen LogP contribution in [-0.4, -0.2) is 32.2 Å². The van der Waals surface area contributed by atoms with Gasteiger partial charge in [0.15, 0.2) is 0 Å². The summed E-state index contributed by atoms with van der Waals surface area (Å²) in [5, 5.41) is 5.79. The van der Waals surface area contributed by atoms with Crippen molar-refractivity contribution in [1.29, 1.82) is 0 Å². The number of urea groups is 1. The lowest BCUT2D eigenvalue weighted by atomic mass is 10.1. The lowest BCUT2D eigenvalue weighted by molar-refractivity contribution is -0.903. The first-order valence-electron chi connectivity index (χ1n) is 7.19. The van der Waals surface area contributed by atoms with Crippen LogP contribution in [0.5, 0.6) is 0 Å². The number of anilines is 1. The largest absolute Gasteiger partial charge is 0.333 e. The topological polar surface area (TPSA) is 45.6 Å². The fourth-order valence-electron chi connectivity index (χ4n) is 2.55. The third kappa shape index (κ3) is 4.91. The summed E-state index contributed by atoms with van der Waals surface area (Å²) in [6.45, 7) is 6.29. The lowest BCUT2D eigenvalue weighted by Crippen LogP contribution is -3.13. The van der Waals surface area contributed by atoms with E-state index in [2.05, 4.69) is 10.6 Å². The van der Waals surface area contributed by atoms with Crippen LogP contribution in [0.3, 0.4) is 0 Å². The highest BCUT2D eigenvalue weighted by atomic mass is 16.2. The van der Waals surface area contributed by atoms with E-state index in [0.29, 0.717) is 0 Å². The maximum atomic E-state index is 11.7. The third-order valence-electron chi connectivity index (χ3n) is 3.60. The van der Waals surface area contributed by atoms with Crippen LogP contribution in [0.1, 0.15) is 24.8 Å². The molecular formula is C15H24N3O+. The first kappa shape index (κ1) is 13.9. The number of likely N-dealkylation sites (tertiary alicyclic amines) is 1. The molecule has 1 aromatic rings. The molecule has 2 rings (SSSR count). The maximum Gasteiger partial charge on any atom is 0.319 e. The van der Waals surface area contributed by atoms with Crippen molar-refractivity contribution in [1.82, 2.24) is 5.32 Å². The molecule has 3 N–H and O–H groups in total. The normalized spacial score (nSPS) is 16.1. The minimum atomic E-state index is -0.109. The molecule has 0 unspecified atom stereocenters. The van der Waals surface area contributed by atoms with E-state index in [1.807, 2.05) is 31.2 Å². The van der Waals surface area contributed by atoms with Crippen LogP contribution in [0.2, 0.25) is 0 Å². The highest BCUT2D eigenvalue weighted by Gasteiger charge is 2.13. The SMILES string of the molecule is Cc1cccc(NC(=O)NCC[NH+]2CCCCC2)c1. The van der Waals surface area contributed by atoms with Gasteiger partial charge in [-0.1, -0.05) is 12.1 Å². The summed E-state index contributed by atoms with van der Waals surface area (Å²) in [4.78, 5) is 13.3. The number of amides is 2. The van der Waals surface area contributed by atoms with Crippen LogP contribution in [-0.2, 0) is 0 Å². The van der Waals surface area contributed by atoms with Gasteiger partial charge in [0.1, 0.15) is 0 Å². The third-order valence-corrected chi connectivity index (χ3v) is 3.60. The van der Waals surface area contributed by atoms with E-state index < -0.39 is 0 Å². The Morgan fingerprint density at radius 2 is 2.05 bits per heavy atom. The summed E-state index contributed by atoms with van der Waals surface area (Å²) >= 11 is 0. The van der Waals surface area contributed by atoms with Crippen LogP contribution in [0.15, 0.2) is 24.3 Å². The van der Waals surface area contributed by atoms with E-state index in [0.717, 1.165) is 24.3 Å². The number of benzene rings is 1. The Kier molecular flexibility index (Phi) is 5.21. The lowest BCUT2D eigenvalue weighted by Gasteiger charge is -2.23. The molecule has 19 heavy (non-hydrogen) atoms. The Balaban J connectivity index is 1.67. The van der Waals surface area contributed by atoms with Crippen molar-refractivity contribution in [2.75, 3.05) is 31.5 Å². The van der Waals surface area contributed by atoms with Gasteiger partial charge in [0.25, 0.3) is 0 Å². The van der Waals surface area contributed by atoms with E-state index in [-0.39, 0.29) is 6.03 Å². The number of carbonyl (C=O) groups excluding carboxylic acids is 1. The summed E-state index contributed by atoms with van der Waals surface area (Å²) in [6.07, 6.45) is 4.01. The molecule has 1 aliphatic rings. The van der Waals surface area contributed by atoms with Crippen LogP contribution < -0.4 is 15.5 Å². The van der Waals surface area contributed by atoms with Gasteiger partial charge >= 0.3 is 6.03 Å². The minimum absolute atomic E-state index is 0.109. The highest BCUT2D eigenvalue weighted by molar-refractivity contribution is 5.89. The van der Waals surface area contributed by atoms with E-state index in [9.17, 15) is 4.79 Å². The first-order valence-corrected chi connectivity index (χ1v) is 7.19. The number of quaternary nitrogens is 1. The zero-order chi connectivity index (χ0) is 13.5. The van der Waals surface area contributed by atoms with E-state index >= 15 is 0 Å². The van der Waals surface area contributed by atoms with E-state index in [1.54, 1.807) is 4.90 Å². The molecule has 0 radical (unpaired) electrons. The molecule has 0 saturated carbocycles. The molecule has 1 saturated heterocycles. The van der Waals surface area contributed by atoms with Gasteiger partial charge in [-0.2, -0.15) is 0 Å². The number of nitrogens with one attached hydrogen (secondary N) is 3. The Hall–Kier alpha value is -1.55. The van der Waals surface area contributed by atoms with Gasteiger partial charge in [-0.15, -0.1) is 0 Å². The summed E-state index contributed by atoms with van der Waals surface area (Å²) in [6, 6.07) is 7.73.